The SMILES string of the molecule is Cc1oc(C(=O)NC(C(=O)O)C2CC2)cc1S(=O)(=O)N1CCCC1. The van der Waals surface area contributed by atoms with Gasteiger partial charge in [0.1, 0.15) is 16.7 Å². The minimum absolute atomic E-state index is 0.0344. The lowest BCUT2D eigenvalue weighted by atomic mass is 10.2. The summed E-state index contributed by atoms with van der Waals surface area (Å²) in [4.78, 5) is 23.4. The van der Waals surface area contributed by atoms with Gasteiger partial charge in [-0.25, -0.2) is 13.2 Å². The summed E-state index contributed by atoms with van der Waals surface area (Å²) in [5.41, 5.74) is 0. The van der Waals surface area contributed by atoms with E-state index in [0.717, 1.165) is 25.7 Å². The lowest BCUT2D eigenvalue weighted by Gasteiger charge is -2.14. The van der Waals surface area contributed by atoms with E-state index < -0.39 is 27.9 Å². The molecule has 1 aliphatic carbocycles. The molecule has 1 atom stereocenters. The summed E-state index contributed by atoms with van der Waals surface area (Å²) in [6, 6.07) is 0.214. The van der Waals surface area contributed by atoms with Gasteiger partial charge in [-0.05, 0) is 38.5 Å². The zero-order valence-corrected chi connectivity index (χ0v) is 14.1. The monoisotopic (exact) mass is 356 g/mol. The molecule has 3 rings (SSSR count). The Morgan fingerprint density at radius 3 is 2.50 bits per heavy atom. The molecule has 0 aromatic carbocycles. The molecule has 0 radical (unpaired) electrons. The molecule has 1 saturated carbocycles. The summed E-state index contributed by atoms with van der Waals surface area (Å²) in [6.07, 6.45) is 3.13. The predicted molar refractivity (Wildman–Crippen MR) is 83.1 cm³/mol. The zero-order valence-electron chi connectivity index (χ0n) is 13.3. The molecule has 2 heterocycles. The second-order valence-corrected chi connectivity index (χ2v) is 8.18. The topological polar surface area (TPSA) is 117 Å². The van der Waals surface area contributed by atoms with Crippen LogP contribution in [0.1, 0.15) is 42.0 Å². The van der Waals surface area contributed by atoms with Crippen molar-refractivity contribution in [2.24, 2.45) is 5.92 Å². The molecule has 1 unspecified atom stereocenters. The van der Waals surface area contributed by atoms with Crippen LogP contribution in [0, 0.1) is 12.8 Å². The van der Waals surface area contributed by atoms with Gasteiger partial charge in [0.05, 0.1) is 0 Å². The smallest absolute Gasteiger partial charge is 0.326 e. The van der Waals surface area contributed by atoms with Gasteiger partial charge in [0.15, 0.2) is 5.76 Å². The summed E-state index contributed by atoms with van der Waals surface area (Å²) in [5, 5.41) is 11.6. The summed E-state index contributed by atoms with van der Waals surface area (Å²) in [5.74, 6) is -1.93. The highest BCUT2D eigenvalue weighted by atomic mass is 32.2. The standard InChI is InChI=1S/C15H20N2O6S/c1-9-12(24(21,22)17-6-2-3-7-17)8-11(23-9)14(18)16-13(15(19)20)10-4-5-10/h8,10,13H,2-7H2,1H3,(H,16,18)(H,19,20). The van der Waals surface area contributed by atoms with Gasteiger partial charge < -0.3 is 14.8 Å². The van der Waals surface area contributed by atoms with Crippen molar-refractivity contribution in [1.82, 2.24) is 9.62 Å². The summed E-state index contributed by atoms with van der Waals surface area (Å²) in [6.45, 7) is 2.39. The van der Waals surface area contributed by atoms with E-state index in [1.807, 2.05) is 0 Å². The predicted octanol–water partition coefficient (Wildman–Crippen LogP) is 0.966. The molecule has 2 aliphatic rings. The number of sulfonamides is 1. The molecule has 0 bridgehead atoms. The van der Waals surface area contributed by atoms with Crippen molar-refractivity contribution in [1.29, 1.82) is 0 Å². The molecule has 2 fully saturated rings. The third-order valence-corrected chi connectivity index (χ3v) is 6.43. The highest BCUT2D eigenvalue weighted by Crippen LogP contribution is 2.33. The van der Waals surface area contributed by atoms with Crippen molar-refractivity contribution in [3.8, 4) is 0 Å². The number of furan rings is 1. The third kappa shape index (κ3) is 3.18. The van der Waals surface area contributed by atoms with Crippen molar-refractivity contribution < 1.29 is 27.5 Å². The first-order chi connectivity index (χ1) is 11.3. The Morgan fingerprint density at radius 1 is 1.33 bits per heavy atom. The van der Waals surface area contributed by atoms with Crippen LogP contribution in [0.3, 0.4) is 0 Å². The molecule has 0 spiro atoms. The Balaban J connectivity index is 1.80. The maximum atomic E-state index is 12.6. The number of carboxylic acid groups (broad SMARTS) is 1. The van der Waals surface area contributed by atoms with Gasteiger partial charge in [0.25, 0.3) is 5.91 Å². The van der Waals surface area contributed by atoms with E-state index in [9.17, 15) is 18.0 Å². The minimum Gasteiger partial charge on any atom is -0.480 e. The lowest BCUT2D eigenvalue weighted by molar-refractivity contribution is -0.139. The van der Waals surface area contributed by atoms with Crippen molar-refractivity contribution in [3.05, 3.63) is 17.6 Å². The van der Waals surface area contributed by atoms with Crippen molar-refractivity contribution in [3.63, 3.8) is 0 Å². The average molecular weight is 356 g/mol. The molecule has 132 valence electrons. The minimum atomic E-state index is -3.69. The fraction of sp³-hybridized carbons (Fsp3) is 0.600. The van der Waals surface area contributed by atoms with E-state index in [4.69, 9.17) is 9.52 Å². The van der Waals surface area contributed by atoms with Gasteiger partial charge in [0.2, 0.25) is 10.0 Å². The number of amides is 1. The molecule has 1 amide bonds. The van der Waals surface area contributed by atoms with Gasteiger partial charge in [0, 0.05) is 19.2 Å². The number of carbonyl (C=O) groups excluding carboxylic acids is 1. The lowest BCUT2D eigenvalue weighted by Crippen LogP contribution is -2.42. The number of rotatable bonds is 6. The Kier molecular flexibility index (Phi) is 4.39. The normalized spacial score (nSPS) is 20.0. The molecule has 1 aliphatic heterocycles. The molecule has 24 heavy (non-hydrogen) atoms. The molecule has 8 nitrogen and oxygen atoms in total. The molecule has 9 heteroatoms. The second-order valence-electron chi connectivity index (χ2n) is 6.27. The van der Waals surface area contributed by atoms with Crippen LogP contribution < -0.4 is 5.32 Å². The van der Waals surface area contributed by atoms with Crippen LogP contribution in [0.2, 0.25) is 0 Å². The van der Waals surface area contributed by atoms with Crippen molar-refractivity contribution in [2.45, 2.75) is 43.5 Å². The Hall–Kier alpha value is -1.87. The van der Waals surface area contributed by atoms with Crippen LogP contribution in [0.4, 0.5) is 0 Å². The van der Waals surface area contributed by atoms with E-state index in [0.29, 0.717) is 13.1 Å². The van der Waals surface area contributed by atoms with Crippen LogP contribution in [0.25, 0.3) is 0 Å². The number of nitrogens with zero attached hydrogens (tertiary/aromatic N) is 1. The first kappa shape index (κ1) is 17.0. The molecule has 1 aromatic heterocycles. The molecular formula is C15H20N2O6S. The van der Waals surface area contributed by atoms with Crippen LogP contribution >= 0.6 is 0 Å². The van der Waals surface area contributed by atoms with Gasteiger partial charge >= 0.3 is 5.97 Å². The maximum Gasteiger partial charge on any atom is 0.326 e. The Bertz CT molecular complexity index is 759. The fourth-order valence-corrected chi connectivity index (χ4v) is 4.60. The Morgan fingerprint density at radius 2 is 1.96 bits per heavy atom. The van der Waals surface area contributed by atoms with Crippen molar-refractivity contribution in [2.75, 3.05) is 13.1 Å². The van der Waals surface area contributed by atoms with E-state index in [1.165, 1.54) is 17.3 Å². The van der Waals surface area contributed by atoms with E-state index in [2.05, 4.69) is 5.32 Å². The highest BCUT2D eigenvalue weighted by Gasteiger charge is 2.38. The first-order valence-electron chi connectivity index (χ1n) is 7.95. The number of carboxylic acids is 1. The van der Waals surface area contributed by atoms with Gasteiger partial charge in [-0.1, -0.05) is 0 Å². The number of aryl methyl sites for hydroxylation is 1. The Labute approximate surface area is 139 Å². The number of hydrogen-bond acceptors (Lipinski definition) is 5. The average Bonchev–Trinajstić information content (AvgIpc) is 3.02. The van der Waals surface area contributed by atoms with E-state index >= 15 is 0 Å². The number of aliphatic carboxylic acids is 1. The van der Waals surface area contributed by atoms with Crippen LogP contribution in [0.15, 0.2) is 15.4 Å². The van der Waals surface area contributed by atoms with Crippen molar-refractivity contribution >= 4 is 21.9 Å². The maximum absolute atomic E-state index is 12.6. The number of hydrogen-bond donors (Lipinski definition) is 2. The largest absolute Gasteiger partial charge is 0.480 e. The van der Waals surface area contributed by atoms with Crippen LogP contribution in [0.5, 0.6) is 0 Å². The van der Waals surface area contributed by atoms with Gasteiger partial charge in [-0.3, -0.25) is 4.79 Å². The first-order valence-corrected chi connectivity index (χ1v) is 9.39. The third-order valence-electron chi connectivity index (χ3n) is 4.42. The van der Waals surface area contributed by atoms with Gasteiger partial charge in [-0.2, -0.15) is 4.31 Å². The van der Waals surface area contributed by atoms with E-state index in [1.54, 1.807) is 0 Å². The quantitative estimate of drug-likeness (QED) is 0.784. The van der Waals surface area contributed by atoms with Gasteiger partial charge in [-0.15, -0.1) is 0 Å². The molecule has 2 N–H and O–H groups in total. The van der Waals surface area contributed by atoms with E-state index in [-0.39, 0.29) is 22.3 Å². The second kappa shape index (κ2) is 6.21. The summed E-state index contributed by atoms with van der Waals surface area (Å²) >= 11 is 0. The number of nitrogens with one attached hydrogen (secondary N) is 1. The number of carbonyl (C=O) groups is 2. The fourth-order valence-electron chi connectivity index (χ4n) is 2.92. The summed E-state index contributed by atoms with van der Waals surface area (Å²) < 4.78 is 31.8. The summed E-state index contributed by atoms with van der Waals surface area (Å²) in [7, 11) is -3.69. The molecular weight excluding hydrogens is 336 g/mol. The van der Waals surface area contributed by atoms with Crippen LogP contribution in [-0.4, -0.2) is 48.8 Å². The highest BCUT2D eigenvalue weighted by molar-refractivity contribution is 7.89. The molecule has 1 saturated heterocycles. The van der Waals surface area contributed by atoms with Crippen LogP contribution in [-0.2, 0) is 14.8 Å². The molecule has 1 aromatic rings. The zero-order chi connectivity index (χ0) is 17.5.